The van der Waals surface area contributed by atoms with Crippen molar-refractivity contribution in [3.05, 3.63) is 89.0 Å². The molecule has 5 heteroatoms. The summed E-state index contributed by atoms with van der Waals surface area (Å²) in [4.78, 5) is 25.9. The molecule has 0 saturated carbocycles. The molecule has 1 amide bonds. The molecule has 142 valence electrons. The van der Waals surface area contributed by atoms with Crippen LogP contribution in [0.5, 0.6) is 11.5 Å². The van der Waals surface area contributed by atoms with E-state index >= 15 is 0 Å². The number of anilines is 1. The van der Waals surface area contributed by atoms with E-state index in [9.17, 15) is 9.59 Å². The summed E-state index contributed by atoms with van der Waals surface area (Å²) >= 11 is 0. The highest BCUT2D eigenvalue weighted by atomic mass is 16.5. The summed E-state index contributed by atoms with van der Waals surface area (Å²) in [5.74, 6) is 0.413. The second-order valence-electron chi connectivity index (χ2n) is 6.26. The maximum absolute atomic E-state index is 13.0. The summed E-state index contributed by atoms with van der Waals surface area (Å²) in [5, 5.41) is 2.84. The number of ether oxygens (including phenoxy) is 2. The first-order valence-corrected chi connectivity index (χ1v) is 8.77. The molecule has 0 atom stereocenters. The maximum Gasteiger partial charge on any atom is 0.259 e. The average Bonchev–Trinajstić information content (AvgIpc) is 2.74. The van der Waals surface area contributed by atoms with Gasteiger partial charge >= 0.3 is 0 Å². The van der Waals surface area contributed by atoms with Crippen LogP contribution in [0.15, 0.2) is 66.7 Å². The molecule has 0 spiro atoms. The van der Waals surface area contributed by atoms with E-state index in [1.807, 2.05) is 31.2 Å². The van der Waals surface area contributed by atoms with Crippen molar-refractivity contribution >= 4 is 17.4 Å². The van der Waals surface area contributed by atoms with Gasteiger partial charge in [0.05, 0.1) is 25.5 Å². The second-order valence-corrected chi connectivity index (χ2v) is 6.26. The maximum atomic E-state index is 13.0. The van der Waals surface area contributed by atoms with Crippen LogP contribution in [0.4, 0.5) is 5.69 Å². The molecule has 0 saturated heterocycles. The highest BCUT2D eigenvalue weighted by molar-refractivity contribution is 6.15. The number of rotatable bonds is 6. The van der Waals surface area contributed by atoms with Crippen molar-refractivity contribution < 1.29 is 19.1 Å². The Morgan fingerprint density at radius 3 is 2.25 bits per heavy atom. The molecule has 3 rings (SSSR count). The van der Waals surface area contributed by atoms with Gasteiger partial charge in [-0.3, -0.25) is 9.59 Å². The number of methoxy groups -OCH3 is 2. The Labute approximate surface area is 163 Å². The third-order valence-corrected chi connectivity index (χ3v) is 4.36. The zero-order valence-electron chi connectivity index (χ0n) is 16.0. The van der Waals surface area contributed by atoms with Crippen LogP contribution >= 0.6 is 0 Å². The number of carbonyl (C=O) groups is 2. The quantitative estimate of drug-likeness (QED) is 0.645. The number of benzene rings is 3. The molecule has 0 aliphatic rings. The molecular formula is C23H21NO4. The molecule has 3 aromatic rings. The van der Waals surface area contributed by atoms with Gasteiger partial charge in [-0.25, -0.2) is 0 Å². The Kier molecular flexibility index (Phi) is 5.75. The van der Waals surface area contributed by atoms with E-state index in [4.69, 9.17) is 9.47 Å². The Morgan fingerprint density at radius 1 is 0.821 bits per heavy atom. The highest BCUT2D eigenvalue weighted by Crippen LogP contribution is 2.27. The number of nitrogens with one attached hydrogen (secondary N) is 1. The minimum Gasteiger partial charge on any atom is -0.497 e. The van der Waals surface area contributed by atoms with E-state index in [2.05, 4.69) is 5.32 Å². The Hall–Kier alpha value is -3.60. The van der Waals surface area contributed by atoms with Crippen LogP contribution in [0.3, 0.4) is 0 Å². The first-order valence-electron chi connectivity index (χ1n) is 8.77. The number of aryl methyl sites for hydroxylation is 1. The number of hydrogen-bond donors (Lipinski definition) is 1. The van der Waals surface area contributed by atoms with Gasteiger partial charge in [-0.05, 0) is 37.3 Å². The third kappa shape index (κ3) is 4.04. The summed E-state index contributed by atoms with van der Waals surface area (Å²) in [7, 11) is 3.02. The largest absolute Gasteiger partial charge is 0.497 e. The lowest BCUT2D eigenvalue weighted by atomic mass is 9.99. The fourth-order valence-corrected chi connectivity index (χ4v) is 2.88. The molecule has 0 bridgehead atoms. The number of hydrogen-bond acceptors (Lipinski definition) is 4. The molecule has 5 nitrogen and oxygen atoms in total. The van der Waals surface area contributed by atoms with Crippen LogP contribution < -0.4 is 14.8 Å². The molecule has 0 fully saturated rings. The summed E-state index contributed by atoms with van der Waals surface area (Å²) in [6, 6.07) is 19.3. The minimum absolute atomic E-state index is 0.155. The predicted molar refractivity (Wildman–Crippen MR) is 109 cm³/mol. The van der Waals surface area contributed by atoms with Gasteiger partial charge in [0.1, 0.15) is 11.5 Å². The van der Waals surface area contributed by atoms with Gasteiger partial charge in [-0.1, -0.05) is 42.0 Å². The van der Waals surface area contributed by atoms with E-state index in [0.29, 0.717) is 33.9 Å². The standard InChI is InChI=1S/C23H21NO4/c1-15-9-11-20(18(13-15)22(25)16-7-5-4-6-8-16)24-23(26)19-14-17(27-2)10-12-21(19)28-3/h4-14H,1-3H3,(H,24,26). The summed E-state index contributed by atoms with van der Waals surface area (Å²) in [5.41, 5.74) is 2.68. The van der Waals surface area contributed by atoms with E-state index in [-0.39, 0.29) is 11.7 Å². The first kappa shape index (κ1) is 19.2. The van der Waals surface area contributed by atoms with Crippen molar-refractivity contribution in [2.24, 2.45) is 0 Å². The van der Waals surface area contributed by atoms with E-state index in [1.54, 1.807) is 42.5 Å². The van der Waals surface area contributed by atoms with Gasteiger partial charge in [-0.15, -0.1) is 0 Å². The van der Waals surface area contributed by atoms with Crippen molar-refractivity contribution in [2.45, 2.75) is 6.92 Å². The summed E-state index contributed by atoms with van der Waals surface area (Å²) in [6.45, 7) is 1.90. The molecule has 1 N–H and O–H groups in total. The lowest BCUT2D eigenvalue weighted by molar-refractivity contribution is 0.102. The molecule has 0 aromatic heterocycles. The zero-order valence-corrected chi connectivity index (χ0v) is 16.0. The highest BCUT2D eigenvalue weighted by Gasteiger charge is 2.19. The monoisotopic (exact) mass is 375 g/mol. The molecule has 0 heterocycles. The van der Waals surface area contributed by atoms with Crippen LogP contribution in [0.2, 0.25) is 0 Å². The summed E-state index contributed by atoms with van der Waals surface area (Å²) < 4.78 is 10.5. The van der Waals surface area contributed by atoms with Gasteiger partial charge in [0, 0.05) is 11.1 Å². The molecule has 0 aliphatic carbocycles. The number of carbonyl (C=O) groups excluding carboxylic acids is 2. The fraction of sp³-hybridized carbons (Fsp3) is 0.130. The Morgan fingerprint density at radius 2 is 1.57 bits per heavy atom. The van der Waals surface area contributed by atoms with Crippen LogP contribution in [0, 0.1) is 6.92 Å². The number of ketones is 1. The van der Waals surface area contributed by atoms with E-state index in [1.165, 1.54) is 14.2 Å². The van der Waals surface area contributed by atoms with Gasteiger partial charge < -0.3 is 14.8 Å². The average molecular weight is 375 g/mol. The molecule has 0 radical (unpaired) electrons. The molecule has 28 heavy (non-hydrogen) atoms. The van der Waals surface area contributed by atoms with Crippen molar-refractivity contribution in [3.8, 4) is 11.5 Å². The van der Waals surface area contributed by atoms with Gasteiger partial charge in [-0.2, -0.15) is 0 Å². The fourth-order valence-electron chi connectivity index (χ4n) is 2.88. The van der Waals surface area contributed by atoms with Crippen LogP contribution in [0.1, 0.15) is 31.8 Å². The van der Waals surface area contributed by atoms with Crippen LogP contribution in [0.25, 0.3) is 0 Å². The molecule has 3 aromatic carbocycles. The van der Waals surface area contributed by atoms with Crippen molar-refractivity contribution in [1.82, 2.24) is 0 Å². The molecular weight excluding hydrogens is 354 g/mol. The SMILES string of the molecule is COc1ccc(OC)c(C(=O)Nc2ccc(C)cc2C(=O)c2ccccc2)c1. The topological polar surface area (TPSA) is 64.6 Å². The van der Waals surface area contributed by atoms with E-state index < -0.39 is 0 Å². The van der Waals surface area contributed by atoms with E-state index in [0.717, 1.165) is 5.56 Å². The minimum atomic E-state index is -0.387. The third-order valence-electron chi connectivity index (χ3n) is 4.36. The first-order chi connectivity index (χ1) is 13.5. The van der Waals surface area contributed by atoms with Gasteiger partial charge in [0.2, 0.25) is 0 Å². The molecule has 0 unspecified atom stereocenters. The van der Waals surface area contributed by atoms with Crippen LogP contribution in [-0.4, -0.2) is 25.9 Å². The zero-order chi connectivity index (χ0) is 20.1. The van der Waals surface area contributed by atoms with Gasteiger partial charge in [0.15, 0.2) is 5.78 Å². The van der Waals surface area contributed by atoms with Crippen molar-refractivity contribution in [1.29, 1.82) is 0 Å². The molecule has 0 aliphatic heterocycles. The van der Waals surface area contributed by atoms with Crippen molar-refractivity contribution in [2.75, 3.05) is 19.5 Å². The van der Waals surface area contributed by atoms with Crippen LogP contribution in [-0.2, 0) is 0 Å². The lowest BCUT2D eigenvalue weighted by Gasteiger charge is -2.14. The Balaban J connectivity index is 1.97. The summed E-state index contributed by atoms with van der Waals surface area (Å²) in [6.07, 6.45) is 0. The smallest absolute Gasteiger partial charge is 0.259 e. The predicted octanol–water partition coefficient (Wildman–Crippen LogP) is 4.50. The second kappa shape index (κ2) is 8.39. The lowest BCUT2D eigenvalue weighted by Crippen LogP contribution is -2.16. The van der Waals surface area contributed by atoms with Gasteiger partial charge in [0.25, 0.3) is 5.91 Å². The van der Waals surface area contributed by atoms with Crippen molar-refractivity contribution in [3.63, 3.8) is 0 Å². The Bertz CT molecular complexity index is 1010. The normalized spacial score (nSPS) is 10.2. The number of amides is 1.